The molecule has 32 heavy (non-hydrogen) atoms. The van der Waals surface area contributed by atoms with Gasteiger partial charge in [-0.3, -0.25) is 14.4 Å². The van der Waals surface area contributed by atoms with Crippen LogP contribution in [0.1, 0.15) is 12.8 Å². The third-order valence-electron chi connectivity index (χ3n) is 5.41. The largest absolute Gasteiger partial charge is 0.369 e. The van der Waals surface area contributed by atoms with E-state index in [9.17, 15) is 14.4 Å². The van der Waals surface area contributed by atoms with E-state index in [2.05, 4.69) is 15.4 Å². The summed E-state index contributed by atoms with van der Waals surface area (Å²) < 4.78 is 1.14. The zero-order valence-corrected chi connectivity index (χ0v) is 17.5. The van der Waals surface area contributed by atoms with Gasteiger partial charge in [0, 0.05) is 24.7 Å². The van der Waals surface area contributed by atoms with Gasteiger partial charge in [-0.25, -0.2) is 9.67 Å². The zero-order chi connectivity index (χ0) is 22.5. The summed E-state index contributed by atoms with van der Waals surface area (Å²) in [5.41, 5.74) is 7.06. The van der Waals surface area contributed by atoms with Crippen LogP contribution in [0.15, 0.2) is 65.6 Å². The van der Waals surface area contributed by atoms with E-state index in [-0.39, 0.29) is 29.8 Å². The van der Waals surface area contributed by atoms with Crippen LogP contribution in [0.25, 0.3) is 11.3 Å². The fourth-order valence-corrected chi connectivity index (χ4v) is 3.73. The number of rotatable bonds is 6. The summed E-state index contributed by atoms with van der Waals surface area (Å²) in [5.74, 6) is -0.130. The van der Waals surface area contributed by atoms with Crippen molar-refractivity contribution in [3.63, 3.8) is 0 Å². The van der Waals surface area contributed by atoms with Crippen molar-refractivity contribution in [1.82, 2.24) is 14.8 Å². The Labute approximate surface area is 184 Å². The Kier molecular flexibility index (Phi) is 6.25. The third-order valence-corrected chi connectivity index (χ3v) is 5.41. The standard InChI is InChI=1S/C23H24N6O3/c24-23(32)17-7-4-12-28(14-17)20-10-8-18(13-25-20)26-21(30)15-29-22(31)11-9-19(27-29)16-5-2-1-3-6-16/h1-3,5-6,8-11,13,17H,4,7,12,14-15H2,(H2,24,32)(H,26,30). The summed E-state index contributed by atoms with van der Waals surface area (Å²) >= 11 is 0. The average molecular weight is 432 g/mol. The van der Waals surface area contributed by atoms with E-state index in [1.165, 1.54) is 6.07 Å². The number of carbonyl (C=O) groups excluding carboxylic acids is 2. The summed E-state index contributed by atoms with van der Waals surface area (Å²) in [6, 6.07) is 16.0. The van der Waals surface area contributed by atoms with Gasteiger partial charge in [0.2, 0.25) is 11.8 Å². The smallest absolute Gasteiger partial charge is 0.267 e. The maximum absolute atomic E-state index is 12.5. The predicted molar refractivity (Wildman–Crippen MR) is 121 cm³/mol. The quantitative estimate of drug-likeness (QED) is 0.610. The minimum absolute atomic E-state index is 0.178. The Hall–Kier alpha value is -4.01. The number of carbonyl (C=O) groups is 2. The number of nitrogens with two attached hydrogens (primary N) is 1. The van der Waals surface area contributed by atoms with Crippen molar-refractivity contribution in [1.29, 1.82) is 0 Å². The molecule has 0 saturated carbocycles. The number of nitrogens with one attached hydrogen (secondary N) is 1. The van der Waals surface area contributed by atoms with Gasteiger partial charge in [-0.2, -0.15) is 5.10 Å². The number of hydrogen-bond donors (Lipinski definition) is 2. The Morgan fingerprint density at radius 3 is 2.62 bits per heavy atom. The van der Waals surface area contributed by atoms with Gasteiger partial charge in [-0.05, 0) is 31.0 Å². The molecule has 4 rings (SSSR count). The molecular formula is C23H24N6O3. The van der Waals surface area contributed by atoms with Crippen LogP contribution in [0, 0.1) is 5.92 Å². The number of piperidine rings is 1. The number of pyridine rings is 1. The number of aromatic nitrogens is 3. The fourth-order valence-electron chi connectivity index (χ4n) is 3.73. The lowest BCUT2D eigenvalue weighted by molar-refractivity contribution is -0.122. The highest BCUT2D eigenvalue weighted by Crippen LogP contribution is 2.22. The molecule has 1 atom stereocenters. The molecule has 0 radical (unpaired) electrons. The van der Waals surface area contributed by atoms with Crippen molar-refractivity contribution in [3.8, 4) is 11.3 Å². The van der Waals surface area contributed by atoms with Crippen LogP contribution >= 0.6 is 0 Å². The number of benzene rings is 1. The Bertz CT molecular complexity index is 1160. The van der Waals surface area contributed by atoms with E-state index in [4.69, 9.17) is 5.73 Å². The molecule has 2 amide bonds. The molecule has 3 aromatic rings. The summed E-state index contributed by atoms with van der Waals surface area (Å²) in [6.45, 7) is 1.13. The molecule has 1 aliphatic heterocycles. The molecule has 3 N–H and O–H groups in total. The van der Waals surface area contributed by atoms with Crippen molar-refractivity contribution >= 4 is 23.3 Å². The second kappa shape index (κ2) is 9.42. The van der Waals surface area contributed by atoms with Crippen LogP contribution in [0.4, 0.5) is 11.5 Å². The molecule has 164 valence electrons. The van der Waals surface area contributed by atoms with Gasteiger partial charge in [-0.1, -0.05) is 30.3 Å². The number of primary amides is 1. The molecule has 0 aliphatic carbocycles. The van der Waals surface area contributed by atoms with E-state index in [1.54, 1.807) is 24.4 Å². The third kappa shape index (κ3) is 5.00. The maximum atomic E-state index is 12.5. The van der Waals surface area contributed by atoms with Crippen LogP contribution in [0.3, 0.4) is 0 Å². The highest BCUT2D eigenvalue weighted by atomic mass is 16.2. The van der Waals surface area contributed by atoms with Crippen molar-refractivity contribution in [2.45, 2.75) is 19.4 Å². The highest BCUT2D eigenvalue weighted by Gasteiger charge is 2.24. The van der Waals surface area contributed by atoms with Crippen molar-refractivity contribution in [2.24, 2.45) is 11.7 Å². The van der Waals surface area contributed by atoms with Crippen molar-refractivity contribution in [2.75, 3.05) is 23.3 Å². The van der Waals surface area contributed by atoms with Crippen LogP contribution < -0.4 is 21.5 Å². The Morgan fingerprint density at radius 2 is 1.91 bits per heavy atom. The zero-order valence-electron chi connectivity index (χ0n) is 17.5. The van der Waals surface area contributed by atoms with Crippen molar-refractivity contribution < 1.29 is 9.59 Å². The number of anilines is 2. The van der Waals surface area contributed by atoms with E-state index in [0.717, 1.165) is 35.4 Å². The minimum Gasteiger partial charge on any atom is -0.369 e. The highest BCUT2D eigenvalue weighted by molar-refractivity contribution is 5.90. The van der Waals surface area contributed by atoms with Gasteiger partial charge >= 0.3 is 0 Å². The monoisotopic (exact) mass is 432 g/mol. The van der Waals surface area contributed by atoms with Crippen LogP contribution in [0.2, 0.25) is 0 Å². The Balaban J connectivity index is 1.40. The fraction of sp³-hybridized carbons (Fsp3) is 0.261. The first-order valence-electron chi connectivity index (χ1n) is 10.4. The van der Waals surface area contributed by atoms with Gasteiger partial charge in [0.05, 0.1) is 23.5 Å². The molecule has 0 bridgehead atoms. The predicted octanol–water partition coefficient (Wildman–Crippen LogP) is 1.65. The second-order valence-corrected chi connectivity index (χ2v) is 7.72. The molecule has 3 heterocycles. The number of amides is 2. The second-order valence-electron chi connectivity index (χ2n) is 7.72. The number of hydrogen-bond acceptors (Lipinski definition) is 6. The average Bonchev–Trinajstić information content (AvgIpc) is 2.81. The van der Waals surface area contributed by atoms with Gasteiger partial charge in [0.15, 0.2) is 0 Å². The van der Waals surface area contributed by atoms with Crippen LogP contribution in [-0.2, 0) is 16.1 Å². The topological polar surface area (TPSA) is 123 Å². The van der Waals surface area contributed by atoms with E-state index in [1.807, 2.05) is 35.2 Å². The first-order chi connectivity index (χ1) is 15.5. The molecular weight excluding hydrogens is 408 g/mol. The van der Waals surface area contributed by atoms with Crippen LogP contribution in [0.5, 0.6) is 0 Å². The molecule has 1 saturated heterocycles. The van der Waals surface area contributed by atoms with Crippen LogP contribution in [-0.4, -0.2) is 39.7 Å². The molecule has 2 aromatic heterocycles. The van der Waals surface area contributed by atoms with Crippen molar-refractivity contribution in [3.05, 3.63) is 71.1 Å². The first kappa shape index (κ1) is 21.2. The number of nitrogens with zero attached hydrogens (tertiary/aromatic N) is 4. The van der Waals surface area contributed by atoms with E-state index >= 15 is 0 Å². The lowest BCUT2D eigenvalue weighted by atomic mass is 9.97. The maximum Gasteiger partial charge on any atom is 0.267 e. The lowest BCUT2D eigenvalue weighted by Gasteiger charge is -2.32. The Morgan fingerprint density at radius 1 is 1.09 bits per heavy atom. The molecule has 9 heteroatoms. The van der Waals surface area contributed by atoms with Gasteiger partial charge in [0.1, 0.15) is 12.4 Å². The molecule has 1 unspecified atom stereocenters. The molecule has 1 aliphatic rings. The van der Waals surface area contributed by atoms with Gasteiger partial charge in [0.25, 0.3) is 5.56 Å². The first-order valence-corrected chi connectivity index (χ1v) is 10.4. The SMILES string of the molecule is NC(=O)C1CCCN(c2ccc(NC(=O)Cn3nc(-c4ccccc4)ccc3=O)cn2)C1. The minimum atomic E-state index is -0.383. The summed E-state index contributed by atoms with van der Waals surface area (Å²) in [4.78, 5) is 42.5. The molecule has 0 spiro atoms. The summed E-state index contributed by atoms with van der Waals surface area (Å²) in [6.07, 6.45) is 3.22. The molecule has 1 aromatic carbocycles. The molecule has 9 nitrogen and oxygen atoms in total. The summed E-state index contributed by atoms with van der Waals surface area (Å²) in [7, 11) is 0. The molecule has 1 fully saturated rings. The normalized spacial score (nSPS) is 15.9. The van der Waals surface area contributed by atoms with E-state index in [0.29, 0.717) is 17.9 Å². The van der Waals surface area contributed by atoms with E-state index < -0.39 is 0 Å². The summed E-state index contributed by atoms with van der Waals surface area (Å²) in [5, 5.41) is 7.04. The van der Waals surface area contributed by atoms with Gasteiger partial charge < -0.3 is 16.0 Å². The van der Waals surface area contributed by atoms with Gasteiger partial charge in [-0.15, -0.1) is 0 Å². The lowest BCUT2D eigenvalue weighted by Crippen LogP contribution is -2.41.